The third-order valence-electron chi connectivity index (χ3n) is 4.87. The molecule has 2 fully saturated rings. The van der Waals surface area contributed by atoms with Crippen LogP contribution in [0.15, 0.2) is 47.4 Å². The smallest absolute Gasteiger partial charge is 0.414 e. The highest BCUT2D eigenvalue weighted by Gasteiger charge is 2.29. The van der Waals surface area contributed by atoms with E-state index in [0.29, 0.717) is 23.5 Å². The molecule has 0 radical (unpaired) electrons. The summed E-state index contributed by atoms with van der Waals surface area (Å²) in [7, 11) is -3.67. The quantitative estimate of drug-likeness (QED) is 0.755. The lowest BCUT2D eigenvalue weighted by molar-refractivity contribution is 0.102. The third kappa shape index (κ3) is 4.10. The Hall–Kier alpha value is -2.91. The van der Waals surface area contributed by atoms with E-state index in [-0.39, 0.29) is 23.1 Å². The second-order valence-electron chi connectivity index (χ2n) is 7.11. The predicted molar refractivity (Wildman–Crippen MR) is 108 cm³/mol. The van der Waals surface area contributed by atoms with Gasteiger partial charge in [-0.05, 0) is 49.6 Å². The molecule has 8 nitrogen and oxygen atoms in total. The summed E-state index contributed by atoms with van der Waals surface area (Å²) in [6.45, 7) is 2.42. The number of para-hydroxylation sites is 2. The number of hydrogen-bond acceptors (Lipinski definition) is 5. The molecule has 2 aromatic rings. The molecule has 2 N–H and O–H groups in total. The van der Waals surface area contributed by atoms with Crippen LogP contribution in [0.25, 0.3) is 0 Å². The molecule has 2 aliphatic rings. The topological polar surface area (TPSA) is 105 Å². The molecule has 4 rings (SSSR count). The van der Waals surface area contributed by atoms with E-state index in [0.717, 1.165) is 12.8 Å². The predicted octanol–water partition coefficient (Wildman–Crippen LogP) is 2.64. The van der Waals surface area contributed by atoms with Gasteiger partial charge in [0.05, 0.1) is 22.8 Å². The number of carbonyl (C=O) groups is 2. The van der Waals surface area contributed by atoms with E-state index in [9.17, 15) is 18.0 Å². The Morgan fingerprint density at radius 3 is 2.62 bits per heavy atom. The van der Waals surface area contributed by atoms with Crippen molar-refractivity contribution >= 4 is 33.4 Å². The van der Waals surface area contributed by atoms with E-state index in [1.807, 2.05) is 0 Å². The van der Waals surface area contributed by atoms with Crippen LogP contribution in [-0.4, -0.2) is 39.6 Å². The van der Waals surface area contributed by atoms with Gasteiger partial charge in [0, 0.05) is 11.6 Å². The standard InChI is InChI=1S/C20H21N3O5S/c1-13-6-9-15(29(26,27)22-14-7-8-14)12-16(13)19(24)21-17-4-2-3-5-18(17)23-10-11-28-20(23)25/h2-6,9,12,14,22H,7-8,10-11H2,1H3,(H,21,24). The molecule has 1 saturated heterocycles. The highest BCUT2D eigenvalue weighted by molar-refractivity contribution is 7.89. The molecule has 0 spiro atoms. The average molecular weight is 415 g/mol. The summed E-state index contributed by atoms with van der Waals surface area (Å²) in [6.07, 6.45) is 1.18. The van der Waals surface area contributed by atoms with Crippen LogP contribution in [0.1, 0.15) is 28.8 Å². The van der Waals surface area contributed by atoms with Crippen LogP contribution in [0.3, 0.4) is 0 Å². The molecule has 0 atom stereocenters. The summed E-state index contributed by atoms with van der Waals surface area (Å²) < 4.78 is 32.6. The normalized spacial score (nSPS) is 16.6. The number of cyclic esters (lactones) is 1. The molecule has 0 bridgehead atoms. The minimum atomic E-state index is -3.67. The maximum atomic E-state index is 12.9. The van der Waals surface area contributed by atoms with E-state index >= 15 is 0 Å². The van der Waals surface area contributed by atoms with E-state index in [1.54, 1.807) is 37.3 Å². The molecule has 29 heavy (non-hydrogen) atoms. The summed E-state index contributed by atoms with van der Waals surface area (Å²) in [5.74, 6) is -0.453. The van der Waals surface area contributed by atoms with E-state index in [2.05, 4.69) is 10.0 Å². The van der Waals surface area contributed by atoms with Crippen LogP contribution in [0.5, 0.6) is 0 Å². The van der Waals surface area contributed by atoms with Gasteiger partial charge in [-0.1, -0.05) is 18.2 Å². The first-order valence-corrected chi connectivity index (χ1v) is 10.8. The largest absolute Gasteiger partial charge is 0.447 e. The Morgan fingerprint density at radius 1 is 1.17 bits per heavy atom. The van der Waals surface area contributed by atoms with Crippen molar-refractivity contribution < 1.29 is 22.7 Å². The lowest BCUT2D eigenvalue weighted by Crippen LogP contribution is -2.27. The molecule has 0 unspecified atom stereocenters. The highest BCUT2D eigenvalue weighted by atomic mass is 32.2. The summed E-state index contributed by atoms with van der Waals surface area (Å²) in [4.78, 5) is 26.3. The molecule has 2 aromatic carbocycles. The molecule has 0 aromatic heterocycles. The number of benzene rings is 2. The number of hydrogen-bond donors (Lipinski definition) is 2. The molecular weight excluding hydrogens is 394 g/mol. The number of amides is 2. The summed E-state index contributed by atoms with van der Waals surface area (Å²) in [6, 6.07) is 11.4. The first kappa shape index (κ1) is 19.4. The number of sulfonamides is 1. The number of carbonyl (C=O) groups excluding carboxylic acids is 2. The van der Waals surface area contributed by atoms with Crippen molar-refractivity contribution in [2.45, 2.75) is 30.7 Å². The molecule has 1 saturated carbocycles. The summed E-state index contributed by atoms with van der Waals surface area (Å²) in [5, 5.41) is 2.79. The second-order valence-corrected chi connectivity index (χ2v) is 8.82. The van der Waals surface area contributed by atoms with E-state index in [4.69, 9.17) is 4.74 Å². The monoisotopic (exact) mass is 415 g/mol. The van der Waals surface area contributed by atoms with Gasteiger partial charge in [0.15, 0.2) is 0 Å². The third-order valence-corrected chi connectivity index (χ3v) is 6.39. The van der Waals surface area contributed by atoms with Crippen LogP contribution >= 0.6 is 0 Å². The molecule has 1 aliphatic heterocycles. The average Bonchev–Trinajstić information content (AvgIpc) is 3.39. The Balaban J connectivity index is 1.61. The van der Waals surface area contributed by atoms with Crippen molar-refractivity contribution in [3.8, 4) is 0 Å². The van der Waals surface area contributed by atoms with E-state index < -0.39 is 22.0 Å². The molecular formula is C20H21N3O5S. The van der Waals surface area contributed by atoms with Crippen molar-refractivity contribution in [3.05, 3.63) is 53.6 Å². The van der Waals surface area contributed by atoms with Gasteiger partial charge in [-0.15, -0.1) is 0 Å². The number of nitrogens with one attached hydrogen (secondary N) is 2. The van der Waals surface area contributed by atoms with Crippen LogP contribution in [-0.2, 0) is 14.8 Å². The van der Waals surface area contributed by atoms with Gasteiger partial charge < -0.3 is 10.1 Å². The Bertz CT molecular complexity index is 1080. The minimum absolute atomic E-state index is 0.0225. The number of nitrogens with zero attached hydrogens (tertiary/aromatic N) is 1. The first-order valence-electron chi connectivity index (χ1n) is 9.33. The van der Waals surface area contributed by atoms with Crippen molar-refractivity contribution in [3.63, 3.8) is 0 Å². The number of rotatable bonds is 6. The van der Waals surface area contributed by atoms with Gasteiger partial charge in [-0.3, -0.25) is 9.69 Å². The lowest BCUT2D eigenvalue weighted by atomic mass is 10.1. The molecule has 1 heterocycles. The zero-order valence-electron chi connectivity index (χ0n) is 15.8. The zero-order valence-corrected chi connectivity index (χ0v) is 16.7. The van der Waals surface area contributed by atoms with Crippen molar-refractivity contribution in [1.82, 2.24) is 4.72 Å². The van der Waals surface area contributed by atoms with Crippen LogP contribution < -0.4 is 14.9 Å². The van der Waals surface area contributed by atoms with Gasteiger partial charge in [-0.25, -0.2) is 17.9 Å². The number of ether oxygens (including phenoxy) is 1. The molecule has 152 valence electrons. The van der Waals surface area contributed by atoms with Crippen molar-refractivity contribution in [2.75, 3.05) is 23.4 Å². The number of aryl methyl sites for hydroxylation is 1. The Morgan fingerprint density at radius 2 is 1.93 bits per heavy atom. The Kier molecular flexibility index (Phi) is 5.01. The first-order chi connectivity index (χ1) is 13.8. The highest BCUT2D eigenvalue weighted by Crippen LogP contribution is 2.29. The second kappa shape index (κ2) is 7.49. The van der Waals surface area contributed by atoms with Gasteiger partial charge >= 0.3 is 6.09 Å². The van der Waals surface area contributed by atoms with Crippen LogP contribution in [0.4, 0.5) is 16.2 Å². The SMILES string of the molecule is Cc1ccc(S(=O)(=O)NC2CC2)cc1C(=O)Nc1ccccc1N1CCOC1=O. The Labute approximate surface area is 168 Å². The van der Waals surface area contributed by atoms with Gasteiger partial charge in [0.2, 0.25) is 10.0 Å². The fourth-order valence-corrected chi connectivity index (χ4v) is 4.45. The maximum Gasteiger partial charge on any atom is 0.414 e. The van der Waals surface area contributed by atoms with Gasteiger partial charge in [0.25, 0.3) is 5.91 Å². The van der Waals surface area contributed by atoms with Crippen molar-refractivity contribution in [2.24, 2.45) is 0 Å². The van der Waals surface area contributed by atoms with Gasteiger partial charge in [-0.2, -0.15) is 0 Å². The fourth-order valence-electron chi connectivity index (χ4n) is 3.12. The van der Waals surface area contributed by atoms with Gasteiger partial charge in [0.1, 0.15) is 6.61 Å². The lowest BCUT2D eigenvalue weighted by Gasteiger charge is -2.18. The molecule has 1 aliphatic carbocycles. The minimum Gasteiger partial charge on any atom is -0.447 e. The molecule has 9 heteroatoms. The van der Waals surface area contributed by atoms with Crippen LogP contribution in [0.2, 0.25) is 0 Å². The maximum absolute atomic E-state index is 12.9. The molecule has 2 amide bonds. The number of anilines is 2. The summed E-state index contributed by atoms with van der Waals surface area (Å²) >= 11 is 0. The van der Waals surface area contributed by atoms with Crippen molar-refractivity contribution in [1.29, 1.82) is 0 Å². The zero-order chi connectivity index (χ0) is 20.6. The fraction of sp³-hybridized carbons (Fsp3) is 0.300. The van der Waals surface area contributed by atoms with Crippen LogP contribution in [0, 0.1) is 6.92 Å². The summed E-state index contributed by atoms with van der Waals surface area (Å²) in [5.41, 5.74) is 1.87. The van der Waals surface area contributed by atoms with E-state index in [1.165, 1.54) is 17.0 Å².